The number of halogens is 1. The smallest absolute Gasteiger partial charge is 0.130 e. The molecule has 0 radical (unpaired) electrons. The molecule has 0 saturated carbocycles. The van der Waals surface area contributed by atoms with E-state index in [1.165, 1.54) is 0 Å². The SMILES string of the molecule is CC(N)c1cc(Cl)ccc1OCc1ccccn1. The van der Waals surface area contributed by atoms with E-state index in [2.05, 4.69) is 4.98 Å². The maximum Gasteiger partial charge on any atom is 0.130 e. The monoisotopic (exact) mass is 262 g/mol. The molecule has 1 aromatic heterocycles. The van der Waals surface area contributed by atoms with Crippen LogP contribution in [0.1, 0.15) is 24.2 Å². The lowest BCUT2D eigenvalue weighted by molar-refractivity contribution is 0.297. The third kappa shape index (κ3) is 3.22. The fraction of sp³-hybridized carbons (Fsp3) is 0.214. The van der Waals surface area contributed by atoms with Gasteiger partial charge < -0.3 is 10.5 Å². The van der Waals surface area contributed by atoms with E-state index in [0.717, 1.165) is 17.0 Å². The summed E-state index contributed by atoms with van der Waals surface area (Å²) in [6.07, 6.45) is 1.74. The number of benzene rings is 1. The molecule has 1 unspecified atom stereocenters. The number of hydrogen-bond donors (Lipinski definition) is 1. The van der Waals surface area contributed by atoms with E-state index in [-0.39, 0.29) is 6.04 Å². The second-order valence-electron chi connectivity index (χ2n) is 4.08. The summed E-state index contributed by atoms with van der Waals surface area (Å²) in [6, 6.07) is 11.1. The molecule has 3 nitrogen and oxygen atoms in total. The predicted molar refractivity (Wildman–Crippen MR) is 72.6 cm³/mol. The third-order valence-electron chi connectivity index (χ3n) is 2.56. The fourth-order valence-electron chi connectivity index (χ4n) is 1.64. The van der Waals surface area contributed by atoms with Gasteiger partial charge in [0.25, 0.3) is 0 Å². The van der Waals surface area contributed by atoms with Crippen molar-refractivity contribution < 1.29 is 4.74 Å². The van der Waals surface area contributed by atoms with Crippen LogP contribution >= 0.6 is 11.6 Å². The molecule has 1 heterocycles. The molecule has 0 fully saturated rings. The number of nitrogens with zero attached hydrogens (tertiary/aromatic N) is 1. The Morgan fingerprint density at radius 3 is 2.83 bits per heavy atom. The zero-order valence-corrected chi connectivity index (χ0v) is 10.9. The first-order valence-corrected chi connectivity index (χ1v) is 6.12. The summed E-state index contributed by atoms with van der Waals surface area (Å²) in [7, 11) is 0. The first kappa shape index (κ1) is 12.9. The maximum atomic E-state index is 5.95. The number of aromatic nitrogens is 1. The standard InChI is InChI=1S/C14H15ClN2O/c1-10(16)13-8-11(15)5-6-14(13)18-9-12-4-2-3-7-17-12/h2-8,10H,9,16H2,1H3. The van der Waals surface area contributed by atoms with Crippen molar-refractivity contribution in [2.45, 2.75) is 19.6 Å². The van der Waals surface area contributed by atoms with Crippen LogP contribution < -0.4 is 10.5 Å². The van der Waals surface area contributed by atoms with Crippen LogP contribution in [-0.2, 0) is 6.61 Å². The lowest BCUT2D eigenvalue weighted by Gasteiger charge is -2.14. The first-order chi connectivity index (χ1) is 8.66. The molecule has 0 aliphatic carbocycles. The van der Waals surface area contributed by atoms with Crippen LogP contribution in [0.5, 0.6) is 5.75 Å². The van der Waals surface area contributed by atoms with Gasteiger partial charge in [0.2, 0.25) is 0 Å². The van der Waals surface area contributed by atoms with E-state index in [0.29, 0.717) is 11.6 Å². The molecular weight excluding hydrogens is 248 g/mol. The van der Waals surface area contributed by atoms with Gasteiger partial charge in [-0.1, -0.05) is 17.7 Å². The molecule has 0 spiro atoms. The molecule has 0 saturated heterocycles. The molecule has 94 valence electrons. The van der Waals surface area contributed by atoms with Gasteiger partial charge in [-0.05, 0) is 37.3 Å². The Hall–Kier alpha value is -1.58. The van der Waals surface area contributed by atoms with Crippen LogP contribution in [-0.4, -0.2) is 4.98 Å². The molecule has 2 aromatic rings. The Labute approximate surface area is 112 Å². The Morgan fingerprint density at radius 1 is 1.33 bits per heavy atom. The molecule has 4 heteroatoms. The van der Waals surface area contributed by atoms with Gasteiger partial charge in [0.15, 0.2) is 0 Å². The van der Waals surface area contributed by atoms with E-state index in [1.54, 1.807) is 12.3 Å². The Bertz CT molecular complexity index is 514. The van der Waals surface area contributed by atoms with Crippen molar-refractivity contribution in [2.24, 2.45) is 5.73 Å². The van der Waals surface area contributed by atoms with Crippen molar-refractivity contribution in [3.63, 3.8) is 0 Å². The van der Waals surface area contributed by atoms with Gasteiger partial charge in [0.05, 0.1) is 5.69 Å². The Morgan fingerprint density at radius 2 is 2.17 bits per heavy atom. The summed E-state index contributed by atoms with van der Waals surface area (Å²) >= 11 is 5.95. The first-order valence-electron chi connectivity index (χ1n) is 5.74. The van der Waals surface area contributed by atoms with Crippen LogP contribution in [0.15, 0.2) is 42.6 Å². The average molecular weight is 263 g/mol. The Balaban J connectivity index is 2.14. The van der Waals surface area contributed by atoms with E-state index >= 15 is 0 Å². The number of rotatable bonds is 4. The summed E-state index contributed by atoms with van der Waals surface area (Å²) in [5.41, 5.74) is 7.68. The topological polar surface area (TPSA) is 48.1 Å². The van der Waals surface area contributed by atoms with Crippen LogP contribution in [0.2, 0.25) is 5.02 Å². The molecule has 2 rings (SSSR count). The van der Waals surface area contributed by atoms with E-state index in [4.69, 9.17) is 22.1 Å². The molecular formula is C14H15ClN2O. The van der Waals surface area contributed by atoms with Crippen LogP contribution in [0.3, 0.4) is 0 Å². The molecule has 2 N–H and O–H groups in total. The van der Waals surface area contributed by atoms with Crippen LogP contribution in [0, 0.1) is 0 Å². The minimum atomic E-state index is -0.123. The lowest BCUT2D eigenvalue weighted by atomic mass is 10.1. The number of pyridine rings is 1. The largest absolute Gasteiger partial charge is 0.487 e. The third-order valence-corrected chi connectivity index (χ3v) is 2.80. The highest BCUT2D eigenvalue weighted by Crippen LogP contribution is 2.27. The highest BCUT2D eigenvalue weighted by atomic mass is 35.5. The quantitative estimate of drug-likeness (QED) is 0.919. The summed E-state index contributed by atoms with van der Waals surface area (Å²) in [6.45, 7) is 2.32. The number of ether oxygens (including phenoxy) is 1. The van der Waals surface area contributed by atoms with Gasteiger partial charge in [-0.3, -0.25) is 4.98 Å². The highest BCUT2D eigenvalue weighted by molar-refractivity contribution is 6.30. The normalized spacial score (nSPS) is 12.2. The van der Waals surface area contributed by atoms with Crippen molar-refractivity contribution in [2.75, 3.05) is 0 Å². The molecule has 0 aliphatic rings. The van der Waals surface area contributed by atoms with Crippen molar-refractivity contribution in [3.8, 4) is 5.75 Å². The second-order valence-corrected chi connectivity index (χ2v) is 4.52. The minimum absolute atomic E-state index is 0.123. The van der Waals surface area contributed by atoms with E-state index in [1.807, 2.05) is 37.3 Å². The maximum absolute atomic E-state index is 5.95. The lowest BCUT2D eigenvalue weighted by Crippen LogP contribution is -2.08. The van der Waals surface area contributed by atoms with Gasteiger partial charge in [-0.25, -0.2) is 0 Å². The molecule has 0 aliphatic heterocycles. The van der Waals surface area contributed by atoms with Crippen LogP contribution in [0.25, 0.3) is 0 Å². The molecule has 1 atom stereocenters. The average Bonchev–Trinajstić information content (AvgIpc) is 2.38. The molecule has 0 amide bonds. The van der Waals surface area contributed by atoms with Crippen molar-refractivity contribution in [1.82, 2.24) is 4.98 Å². The van der Waals surface area contributed by atoms with Gasteiger partial charge in [0, 0.05) is 22.8 Å². The van der Waals surface area contributed by atoms with E-state index in [9.17, 15) is 0 Å². The van der Waals surface area contributed by atoms with Crippen molar-refractivity contribution >= 4 is 11.6 Å². The highest BCUT2D eigenvalue weighted by Gasteiger charge is 2.09. The zero-order chi connectivity index (χ0) is 13.0. The van der Waals surface area contributed by atoms with Gasteiger partial charge in [-0.15, -0.1) is 0 Å². The van der Waals surface area contributed by atoms with Crippen LogP contribution in [0.4, 0.5) is 0 Å². The summed E-state index contributed by atoms with van der Waals surface area (Å²) < 4.78 is 5.74. The second kappa shape index (κ2) is 5.85. The summed E-state index contributed by atoms with van der Waals surface area (Å²) in [5, 5.41) is 0.660. The van der Waals surface area contributed by atoms with Gasteiger partial charge in [-0.2, -0.15) is 0 Å². The molecule has 1 aromatic carbocycles. The summed E-state index contributed by atoms with van der Waals surface area (Å²) in [4.78, 5) is 4.20. The fourth-order valence-corrected chi connectivity index (χ4v) is 1.82. The van der Waals surface area contributed by atoms with Gasteiger partial charge >= 0.3 is 0 Å². The number of hydrogen-bond acceptors (Lipinski definition) is 3. The minimum Gasteiger partial charge on any atom is -0.487 e. The zero-order valence-electron chi connectivity index (χ0n) is 10.1. The Kier molecular flexibility index (Phi) is 4.18. The van der Waals surface area contributed by atoms with Gasteiger partial charge in [0.1, 0.15) is 12.4 Å². The van der Waals surface area contributed by atoms with Crippen molar-refractivity contribution in [3.05, 3.63) is 58.9 Å². The summed E-state index contributed by atoms with van der Waals surface area (Å²) in [5.74, 6) is 0.750. The van der Waals surface area contributed by atoms with Crippen molar-refractivity contribution in [1.29, 1.82) is 0 Å². The molecule has 18 heavy (non-hydrogen) atoms. The predicted octanol–water partition coefficient (Wildman–Crippen LogP) is 3.33. The van der Waals surface area contributed by atoms with E-state index < -0.39 is 0 Å². The number of nitrogens with two attached hydrogens (primary N) is 1. The molecule has 0 bridgehead atoms.